The number of carbonyl (C=O) groups is 1. The number of carbonyl (C=O) groups excluding carboxylic acids is 1. The molecule has 104 valence electrons. The molecule has 0 saturated heterocycles. The third-order valence-corrected chi connectivity index (χ3v) is 3.28. The van der Waals surface area contributed by atoms with E-state index >= 15 is 0 Å². The molecule has 0 aromatic heterocycles. The van der Waals surface area contributed by atoms with Crippen LogP contribution in [0.5, 0.6) is 0 Å². The maximum absolute atomic E-state index is 12.2. The van der Waals surface area contributed by atoms with E-state index in [2.05, 4.69) is 5.32 Å². The van der Waals surface area contributed by atoms with E-state index in [-0.39, 0.29) is 5.91 Å². The van der Waals surface area contributed by atoms with Crippen LogP contribution in [0.3, 0.4) is 0 Å². The summed E-state index contributed by atoms with van der Waals surface area (Å²) >= 11 is 0. The van der Waals surface area contributed by atoms with Gasteiger partial charge in [0.1, 0.15) is 0 Å². The first-order valence-corrected chi connectivity index (χ1v) is 6.81. The highest BCUT2D eigenvalue weighted by Crippen LogP contribution is 2.19. The molecule has 2 N–H and O–H groups in total. The van der Waals surface area contributed by atoms with Crippen LogP contribution in [0.15, 0.2) is 60.7 Å². The number of rotatable bonds is 5. The Hall–Kier alpha value is -2.13. The molecule has 0 aliphatic carbocycles. The van der Waals surface area contributed by atoms with Gasteiger partial charge in [-0.1, -0.05) is 55.5 Å². The summed E-state index contributed by atoms with van der Waals surface area (Å²) in [7, 11) is 0. The summed E-state index contributed by atoms with van der Waals surface area (Å²) < 4.78 is 0. The van der Waals surface area contributed by atoms with Gasteiger partial charge in [-0.05, 0) is 24.1 Å². The Morgan fingerprint density at radius 1 is 1.05 bits per heavy atom. The monoisotopic (exact) mass is 269 g/mol. The van der Waals surface area contributed by atoms with Crippen LogP contribution in [0.4, 0.5) is 0 Å². The Labute approximate surface area is 119 Å². The highest BCUT2D eigenvalue weighted by atomic mass is 16.3. The average Bonchev–Trinajstić information content (AvgIpc) is 2.53. The van der Waals surface area contributed by atoms with E-state index in [0.29, 0.717) is 12.0 Å². The van der Waals surface area contributed by atoms with Crippen molar-refractivity contribution in [2.24, 2.45) is 0 Å². The molecule has 0 radical (unpaired) electrons. The van der Waals surface area contributed by atoms with Crippen LogP contribution in [0.25, 0.3) is 0 Å². The van der Waals surface area contributed by atoms with Gasteiger partial charge in [0, 0.05) is 5.56 Å². The number of benzene rings is 2. The summed E-state index contributed by atoms with van der Waals surface area (Å²) in [6.07, 6.45) is -0.0284. The normalized spacial score (nSPS) is 13.5. The van der Waals surface area contributed by atoms with Crippen LogP contribution in [-0.2, 0) is 0 Å². The van der Waals surface area contributed by atoms with Crippen molar-refractivity contribution in [3.05, 3.63) is 71.8 Å². The summed E-state index contributed by atoms with van der Waals surface area (Å²) in [6, 6.07) is 18.2. The Kier molecular flexibility index (Phi) is 4.91. The number of hydrogen-bond acceptors (Lipinski definition) is 2. The number of amides is 1. The van der Waals surface area contributed by atoms with Crippen molar-refractivity contribution in [2.45, 2.75) is 25.5 Å². The molecule has 3 nitrogen and oxygen atoms in total. The first kappa shape index (κ1) is 14.3. The van der Waals surface area contributed by atoms with E-state index in [1.807, 2.05) is 55.5 Å². The molecule has 2 aromatic carbocycles. The number of nitrogens with one attached hydrogen (secondary N) is 1. The zero-order valence-corrected chi connectivity index (χ0v) is 11.5. The molecule has 3 heteroatoms. The average molecular weight is 269 g/mol. The summed E-state index contributed by atoms with van der Waals surface area (Å²) in [4.78, 5) is 12.2. The quantitative estimate of drug-likeness (QED) is 0.876. The van der Waals surface area contributed by atoms with E-state index in [1.165, 1.54) is 0 Å². The molecule has 20 heavy (non-hydrogen) atoms. The zero-order chi connectivity index (χ0) is 14.4. The fraction of sp³-hybridized carbons (Fsp3) is 0.235. The molecule has 0 aliphatic rings. The lowest BCUT2D eigenvalue weighted by molar-refractivity contribution is 0.0824. The van der Waals surface area contributed by atoms with E-state index in [9.17, 15) is 9.90 Å². The second-order valence-corrected chi connectivity index (χ2v) is 4.70. The molecule has 1 amide bonds. The van der Waals surface area contributed by atoms with Crippen molar-refractivity contribution >= 4 is 5.91 Å². The van der Waals surface area contributed by atoms with E-state index in [0.717, 1.165) is 5.56 Å². The van der Waals surface area contributed by atoms with E-state index in [4.69, 9.17) is 0 Å². The zero-order valence-electron chi connectivity index (χ0n) is 11.5. The SMILES string of the molecule is CCC(O)C(NC(=O)c1ccccc1)c1ccccc1. The molecule has 0 aliphatic heterocycles. The minimum absolute atomic E-state index is 0.174. The van der Waals surface area contributed by atoms with Gasteiger partial charge >= 0.3 is 0 Å². The van der Waals surface area contributed by atoms with Gasteiger partial charge in [0.15, 0.2) is 0 Å². The smallest absolute Gasteiger partial charge is 0.251 e. The fourth-order valence-corrected chi connectivity index (χ4v) is 2.11. The summed E-state index contributed by atoms with van der Waals surface area (Å²) in [6.45, 7) is 1.90. The topological polar surface area (TPSA) is 49.3 Å². The number of hydrogen-bond donors (Lipinski definition) is 2. The van der Waals surface area contributed by atoms with Gasteiger partial charge in [-0.15, -0.1) is 0 Å². The molecular formula is C17H19NO2. The molecule has 2 unspecified atom stereocenters. The molecule has 0 spiro atoms. The highest BCUT2D eigenvalue weighted by molar-refractivity contribution is 5.94. The van der Waals surface area contributed by atoms with Crippen molar-refractivity contribution in [1.82, 2.24) is 5.32 Å². The van der Waals surface area contributed by atoms with Gasteiger partial charge in [0.25, 0.3) is 5.91 Å². The third-order valence-electron chi connectivity index (χ3n) is 3.28. The molecule has 2 rings (SSSR count). The van der Waals surface area contributed by atoms with Crippen molar-refractivity contribution < 1.29 is 9.90 Å². The van der Waals surface area contributed by atoms with Gasteiger partial charge in [-0.25, -0.2) is 0 Å². The first-order chi connectivity index (χ1) is 9.72. The lowest BCUT2D eigenvalue weighted by Gasteiger charge is -2.23. The van der Waals surface area contributed by atoms with Crippen molar-refractivity contribution in [3.63, 3.8) is 0 Å². The molecule has 2 aromatic rings. The van der Waals surface area contributed by atoms with Crippen LogP contribution < -0.4 is 5.32 Å². The Bertz CT molecular complexity index is 539. The summed E-state index contributed by atoms with van der Waals surface area (Å²) in [5.74, 6) is -0.174. The Morgan fingerprint density at radius 3 is 2.15 bits per heavy atom. The third kappa shape index (κ3) is 3.45. The van der Waals surface area contributed by atoms with Crippen LogP contribution in [0.1, 0.15) is 35.3 Å². The van der Waals surface area contributed by atoms with Crippen molar-refractivity contribution in [1.29, 1.82) is 0 Å². The van der Waals surface area contributed by atoms with Gasteiger partial charge < -0.3 is 10.4 Å². The molecule has 0 fully saturated rings. The summed E-state index contributed by atoms with van der Waals surface area (Å²) in [5, 5.41) is 13.1. The largest absolute Gasteiger partial charge is 0.391 e. The fourth-order valence-electron chi connectivity index (χ4n) is 2.11. The van der Waals surface area contributed by atoms with Crippen molar-refractivity contribution in [3.8, 4) is 0 Å². The summed E-state index contributed by atoms with van der Waals surface area (Å²) in [5.41, 5.74) is 1.50. The number of aliphatic hydroxyl groups excluding tert-OH is 1. The van der Waals surface area contributed by atoms with Crippen LogP contribution in [0.2, 0.25) is 0 Å². The predicted octanol–water partition coefficient (Wildman–Crippen LogP) is 2.93. The van der Waals surface area contributed by atoms with Gasteiger partial charge in [-0.3, -0.25) is 4.79 Å². The maximum atomic E-state index is 12.2. The first-order valence-electron chi connectivity index (χ1n) is 6.81. The molecule has 2 atom stereocenters. The van der Waals surface area contributed by atoms with Crippen molar-refractivity contribution in [2.75, 3.05) is 0 Å². The molecule has 0 heterocycles. The highest BCUT2D eigenvalue weighted by Gasteiger charge is 2.22. The molecule has 0 saturated carbocycles. The number of aliphatic hydroxyl groups is 1. The second-order valence-electron chi connectivity index (χ2n) is 4.70. The Balaban J connectivity index is 2.19. The van der Waals surface area contributed by atoms with Crippen LogP contribution >= 0.6 is 0 Å². The lowest BCUT2D eigenvalue weighted by atomic mass is 9.99. The minimum Gasteiger partial charge on any atom is -0.391 e. The maximum Gasteiger partial charge on any atom is 0.251 e. The molecule has 0 bridgehead atoms. The van der Waals surface area contributed by atoms with E-state index < -0.39 is 12.1 Å². The lowest BCUT2D eigenvalue weighted by Crippen LogP contribution is -2.36. The van der Waals surface area contributed by atoms with Crippen LogP contribution in [0, 0.1) is 0 Å². The van der Waals surface area contributed by atoms with E-state index in [1.54, 1.807) is 12.1 Å². The van der Waals surface area contributed by atoms with Gasteiger partial charge in [-0.2, -0.15) is 0 Å². The molecular weight excluding hydrogens is 250 g/mol. The predicted molar refractivity (Wildman–Crippen MR) is 79.4 cm³/mol. The van der Waals surface area contributed by atoms with Crippen LogP contribution in [-0.4, -0.2) is 17.1 Å². The minimum atomic E-state index is -0.606. The standard InChI is InChI=1S/C17H19NO2/c1-2-15(19)16(13-9-5-3-6-10-13)18-17(20)14-11-7-4-8-12-14/h3-12,15-16,19H,2H2,1H3,(H,18,20). The Morgan fingerprint density at radius 2 is 1.60 bits per heavy atom. The van der Waals surface area contributed by atoms with Gasteiger partial charge in [0.2, 0.25) is 0 Å². The second kappa shape index (κ2) is 6.87. The van der Waals surface area contributed by atoms with Gasteiger partial charge in [0.05, 0.1) is 12.1 Å².